The van der Waals surface area contributed by atoms with Crippen LogP contribution in [0.4, 0.5) is 0 Å². The third kappa shape index (κ3) is 14.0. The van der Waals surface area contributed by atoms with E-state index >= 15 is 0 Å². The number of benzene rings is 8. The van der Waals surface area contributed by atoms with Gasteiger partial charge in [0.2, 0.25) is 0 Å². The van der Waals surface area contributed by atoms with Gasteiger partial charge >= 0.3 is 26.2 Å². The molecule has 0 aromatic heterocycles. The smallest absolute Gasteiger partial charge is 0.164 e. The molecule has 0 fully saturated rings. The minimum atomic E-state index is 0. The second-order valence-corrected chi connectivity index (χ2v) is 25.8. The summed E-state index contributed by atoms with van der Waals surface area (Å²) in [5.74, 6) is 0. The van der Waals surface area contributed by atoms with E-state index in [0.29, 0.717) is 0 Å². The van der Waals surface area contributed by atoms with Gasteiger partial charge in [0.1, 0.15) is 0 Å². The van der Waals surface area contributed by atoms with Gasteiger partial charge in [-0.25, -0.2) is 0 Å². The van der Waals surface area contributed by atoms with Crippen LogP contribution >= 0.6 is 0 Å². The fraction of sp³-hybridized carbons (Fsp3) is 0.270. The molecule has 10 rings (SSSR count). The average Bonchev–Trinajstić information content (AvgIpc) is 4.00. The summed E-state index contributed by atoms with van der Waals surface area (Å²) in [5, 5.41) is 5.34. The van der Waals surface area contributed by atoms with Crippen LogP contribution in [-0.4, -0.2) is 9.52 Å². The molecule has 0 N–H and O–H groups in total. The van der Waals surface area contributed by atoms with Crippen LogP contribution in [0.25, 0.3) is 66.1 Å². The van der Waals surface area contributed by atoms with Gasteiger partial charge in [0.15, 0.2) is 0 Å². The summed E-state index contributed by atoms with van der Waals surface area (Å²) < 4.78 is 0. The van der Waals surface area contributed by atoms with E-state index in [0.717, 1.165) is 22.4 Å². The fourth-order valence-corrected chi connectivity index (χ4v) is 10.2. The first-order valence-electron chi connectivity index (χ1n) is 27.2. The molecule has 384 valence electrons. The van der Waals surface area contributed by atoms with Gasteiger partial charge in [0.05, 0.1) is 0 Å². The molecule has 0 heterocycles. The summed E-state index contributed by atoms with van der Waals surface area (Å²) in [4.78, 5) is 0. The molecule has 2 heteroatoms. The topological polar surface area (TPSA) is 0 Å². The normalized spacial score (nSPS) is 11.9. The molecule has 0 amide bonds. The van der Waals surface area contributed by atoms with Crippen LogP contribution < -0.4 is 0 Å². The molecule has 0 saturated heterocycles. The van der Waals surface area contributed by atoms with E-state index in [2.05, 4.69) is 302 Å². The molecule has 0 aliphatic carbocycles. The Morgan fingerprint density at radius 1 is 0.316 bits per heavy atom. The van der Waals surface area contributed by atoms with E-state index in [1.54, 1.807) is 0 Å². The van der Waals surface area contributed by atoms with Crippen LogP contribution in [0.15, 0.2) is 206 Å². The maximum absolute atomic E-state index is 2.41. The van der Waals surface area contributed by atoms with Crippen molar-refractivity contribution in [3.8, 4) is 44.5 Å². The fourth-order valence-electron chi connectivity index (χ4n) is 10.2. The van der Waals surface area contributed by atoms with Crippen LogP contribution in [0.2, 0.25) is 13.1 Å². The molecular weight excluding hydrogens is 1010 g/mol. The predicted molar refractivity (Wildman–Crippen MR) is 332 cm³/mol. The number of fused-ring (bicyclic) bond motifs is 2. The minimum Gasteiger partial charge on any atom is -0.164 e. The zero-order chi connectivity index (χ0) is 53.7. The van der Waals surface area contributed by atoms with E-state index in [-0.39, 0.29) is 47.9 Å². The Morgan fingerprint density at radius 2 is 0.553 bits per heavy atom. The van der Waals surface area contributed by atoms with Gasteiger partial charge in [-0.2, -0.15) is 12.1 Å². The quantitative estimate of drug-likeness (QED) is 0.105. The van der Waals surface area contributed by atoms with Crippen LogP contribution in [0.1, 0.15) is 128 Å². The Morgan fingerprint density at radius 3 is 0.803 bits per heavy atom. The maximum Gasteiger partial charge on any atom is 2.00 e. The summed E-state index contributed by atoms with van der Waals surface area (Å²) in [6.45, 7) is 31.6. The van der Waals surface area contributed by atoms with Gasteiger partial charge in [-0.1, -0.05) is 312 Å². The Bertz CT molecular complexity index is 3010. The Hall–Kier alpha value is -5.92. The van der Waals surface area contributed by atoms with Crippen molar-refractivity contribution in [3.63, 3.8) is 0 Å². The summed E-state index contributed by atoms with van der Waals surface area (Å²) in [7, 11) is 1.08. The molecule has 0 bridgehead atoms. The SMILES string of the molecule is CC(C)(C)c1ccc(-c2ccc(-c3ccc(C(C)(C)C)cc3)c3[cH-]c(Cc4ccccc4)cc23)cc1.CC(C)(C)c1ccc(-c2ccc(-c3ccc(C(C)(C)C)cc3)c3[cH-]c(Cc4ccccc4)cc23)cc1.C[Si]C.[Zr+2]. The van der Waals surface area contributed by atoms with Crippen LogP contribution in [0, 0.1) is 0 Å². The van der Waals surface area contributed by atoms with Crippen molar-refractivity contribution >= 4 is 31.1 Å². The largest absolute Gasteiger partial charge is 2.00 e. The van der Waals surface area contributed by atoms with Gasteiger partial charge in [0.25, 0.3) is 0 Å². The third-order valence-corrected chi connectivity index (χ3v) is 14.6. The van der Waals surface area contributed by atoms with E-state index in [9.17, 15) is 0 Å². The zero-order valence-electron chi connectivity index (χ0n) is 48.0. The van der Waals surface area contributed by atoms with Crippen molar-refractivity contribution in [1.82, 2.24) is 0 Å². The van der Waals surface area contributed by atoms with Crippen molar-refractivity contribution in [2.24, 2.45) is 0 Å². The molecular formula is C74H80SiZr. The van der Waals surface area contributed by atoms with Crippen LogP contribution in [0.3, 0.4) is 0 Å². The van der Waals surface area contributed by atoms with Gasteiger partial charge in [0, 0.05) is 9.52 Å². The first-order chi connectivity index (χ1) is 35.6. The zero-order valence-corrected chi connectivity index (χ0v) is 51.5. The first-order valence-corrected chi connectivity index (χ1v) is 29.2. The van der Waals surface area contributed by atoms with Crippen molar-refractivity contribution in [2.45, 2.75) is 131 Å². The van der Waals surface area contributed by atoms with E-state index < -0.39 is 0 Å². The molecule has 10 aromatic rings. The minimum absolute atomic E-state index is 0. The van der Waals surface area contributed by atoms with E-state index in [1.165, 1.54) is 111 Å². The molecule has 0 atom stereocenters. The van der Waals surface area contributed by atoms with Crippen molar-refractivity contribution in [1.29, 1.82) is 0 Å². The molecule has 76 heavy (non-hydrogen) atoms. The molecule has 0 aliphatic heterocycles. The van der Waals surface area contributed by atoms with Crippen molar-refractivity contribution in [3.05, 3.63) is 251 Å². The average molecular weight is 1090 g/mol. The first kappa shape index (κ1) is 57.8. The maximum atomic E-state index is 2.41. The second-order valence-electron chi connectivity index (χ2n) is 24.8. The molecule has 0 aliphatic rings. The van der Waals surface area contributed by atoms with Gasteiger partial charge in [-0.3, -0.25) is 0 Å². The summed E-state index contributed by atoms with van der Waals surface area (Å²) >= 11 is 0. The van der Waals surface area contributed by atoms with Crippen molar-refractivity contribution < 1.29 is 26.2 Å². The van der Waals surface area contributed by atoms with Crippen molar-refractivity contribution in [2.75, 3.05) is 0 Å². The Labute approximate surface area is 479 Å². The Balaban J connectivity index is 0.000000208. The summed E-state index contributed by atoms with van der Waals surface area (Å²) in [5.41, 5.74) is 21.8. The standard InChI is InChI=1S/2C36H37.C2H6Si.Zr/c2*1-35(2,3)29-16-12-27(13-17-29)31-20-21-32(28-14-18-30(19-15-28)36(4,5)6)34-24-26(23-33(31)34)22-25-10-8-7-9-11-25;1-3-2;/h2*7-21,23-24H,22H2,1-6H3;1-2H3;/q2*-1;;+2. The van der Waals surface area contributed by atoms with Gasteiger partial charge < -0.3 is 0 Å². The van der Waals surface area contributed by atoms with Gasteiger partial charge in [-0.15, -0.1) is 44.8 Å². The third-order valence-electron chi connectivity index (χ3n) is 14.6. The van der Waals surface area contributed by atoms with Gasteiger partial charge in [-0.05, 0) is 79.0 Å². The summed E-state index contributed by atoms with van der Waals surface area (Å²) in [6, 6.07) is 77.0. The molecule has 2 radical (unpaired) electrons. The molecule has 0 spiro atoms. The van der Waals surface area contributed by atoms with Crippen LogP contribution in [-0.2, 0) is 60.7 Å². The predicted octanol–water partition coefficient (Wildman–Crippen LogP) is 20.9. The molecule has 0 saturated carbocycles. The van der Waals surface area contributed by atoms with Crippen LogP contribution in [0.5, 0.6) is 0 Å². The molecule has 0 unspecified atom stereocenters. The number of rotatable bonds is 8. The number of hydrogen-bond acceptors (Lipinski definition) is 0. The summed E-state index contributed by atoms with van der Waals surface area (Å²) in [6.07, 6.45) is 1.89. The number of hydrogen-bond donors (Lipinski definition) is 0. The van der Waals surface area contributed by atoms with E-state index in [1.807, 2.05) is 0 Å². The Kier molecular flexibility index (Phi) is 18.4. The second kappa shape index (κ2) is 24.2. The molecule has 0 nitrogen and oxygen atoms in total. The van der Waals surface area contributed by atoms with E-state index in [4.69, 9.17) is 0 Å². The monoisotopic (exact) mass is 1090 g/mol. The molecule has 10 aromatic carbocycles.